The van der Waals surface area contributed by atoms with Crippen molar-refractivity contribution < 1.29 is 4.74 Å². The van der Waals surface area contributed by atoms with Gasteiger partial charge in [0.15, 0.2) is 0 Å². The molecule has 0 saturated carbocycles. The Hall–Kier alpha value is -2.72. The number of aromatic nitrogens is 2. The van der Waals surface area contributed by atoms with Gasteiger partial charge in [0.1, 0.15) is 12.3 Å². The molecule has 0 atom stereocenters. The van der Waals surface area contributed by atoms with Crippen LogP contribution in [0, 0.1) is 23.7 Å². The van der Waals surface area contributed by atoms with Crippen molar-refractivity contribution in [3.8, 4) is 35.3 Å². The van der Waals surface area contributed by atoms with Crippen LogP contribution in [0.3, 0.4) is 0 Å². The minimum atomic E-state index is 0.219. The number of ether oxygens (including phenoxy) is 1. The first kappa shape index (κ1) is 11.8. The molecular formula is C14H11N3O. The number of methoxy groups -OCH3 is 1. The molecule has 88 valence electrons. The highest BCUT2D eigenvalue weighted by atomic mass is 16.5. The molecule has 0 unspecified atom stereocenters. The molecule has 0 saturated heterocycles. The molecule has 0 aliphatic rings. The number of hydrogen-bond donors (Lipinski definition) is 0. The quantitative estimate of drug-likeness (QED) is 0.768. The Morgan fingerprint density at radius 2 is 2.33 bits per heavy atom. The smallest absolute Gasteiger partial charge is 0.128 e. The van der Waals surface area contributed by atoms with Crippen molar-refractivity contribution in [3.63, 3.8) is 0 Å². The lowest BCUT2D eigenvalue weighted by Gasteiger charge is -2.06. The van der Waals surface area contributed by atoms with Crippen LogP contribution in [-0.4, -0.2) is 16.9 Å². The predicted molar refractivity (Wildman–Crippen MR) is 67.8 cm³/mol. The van der Waals surface area contributed by atoms with Crippen LogP contribution in [-0.2, 0) is 6.54 Å². The van der Waals surface area contributed by atoms with Crippen LogP contribution in [0.1, 0.15) is 5.56 Å². The van der Waals surface area contributed by atoms with Crippen molar-refractivity contribution in [2.45, 2.75) is 6.54 Å². The zero-order valence-electron chi connectivity index (χ0n) is 9.92. The van der Waals surface area contributed by atoms with Crippen molar-refractivity contribution in [3.05, 3.63) is 36.2 Å². The van der Waals surface area contributed by atoms with E-state index >= 15 is 0 Å². The number of rotatable bonds is 3. The topological polar surface area (TPSA) is 50.8 Å². The molecule has 0 aliphatic heterocycles. The third-order valence-corrected chi connectivity index (χ3v) is 2.54. The normalized spacial score (nSPS) is 9.50. The summed E-state index contributed by atoms with van der Waals surface area (Å²) in [5.74, 6) is 3.31. The van der Waals surface area contributed by atoms with Gasteiger partial charge in [0.25, 0.3) is 0 Å². The van der Waals surface area contributed by atoms with Gasteiger partial charge in [-0.15, -0.1) is 6.42 Å². The van der Waals surface area contributed by atoms with Gasteiger partial charge in [0, 0.05) is 22.9 Å². The van der Waals surface area contributed by atoms with Gasteiger partial charge in [-0.2, -0.15) is 10.4 Å². The first-order valence-corrected chi connectivity index (χ1v) is 5.33. The third-order valence-electron chi connectivity index (χ3n) is 2.54. The highest BCUT2D eigenvalue weighted by Gasteiger charge is 2.08. The number of hydrogen-bond acceptors (Lipinski definition) is 3. The predicted octanol–water partition coefficient (Wildman–Crippen LogP) is 2.06. The monoisotopic (exact) mass is 237 g/mol. The van der Waals surface area contributed by atoms with Crippen molar-refractivity contribution >= 4 is 0 Å². The average Bonchev–Trinajstić information content (AvgIpc) is 2.87. The first-order chi connectivity index (χ1) is 8.78. The number of nitrogens with zero attached hydrogens (tertiary/aromatic N) is 3. The zero-order chi connectivity index (χ0) is 13.0. The van der Waals surface area contributed by atoms with Gasteiger partial charge in [-0.1, -0.05) is 5.92 Å². The molecule has 0 amide bonds. The van der Waals surface area contributed by atoms with E-state index < -0.39 is 0 Å². The fraction of sp³-hybridized carbons (Fsp3) is 0.143. The number of terminal acetylenes is 1. The summed E-state index contributed by atoms with van der Waals surface area (Å²) in [4.78, 5) is 0. The van der Waals surface area contributed by atoms with Gasteiger partial charge in [-0.25, -0.2) is 0 Å². The molecule has 0 fully saturated rings. The van der Waals surface area contributed by atoms with E-state index in [1.54, 1.807) is 24.2 Å². The molecule has 0 aliphatic carbocycles. The second-order valence-corrected chi connectivity index (χ2v) is 3.64. The molecule has 1 aromatic carbocycles. The van der Waals surface area contributed by atoms with Gasteiger partial charge in [0.2, 0.25) is 0 Å². The Morgan fingerprint density at radius 1 is 1.50 bits per heavy atom. The third kappa shape index (κ3) is 2.18. The Labute approximate surface area is 105 Å². The van der Waals surface area contributed by atoms with E-state index in [4.69, 9.17) is 16.4 Å². The molecule has 1 heterocycles. The van der Waals surface area contributed by atoms with E-state index in [1.165, 1.54) is 0 Å². The SMILES string of the molecule is C#Cc1ccc(OC)c(-c2cnn(CC#N)c2)c1. The Kier molecular flexibility index (Phi) is 3.31. The molecule has 18 heavy (non-hydrogen) atoms. The van der Waals surface area contributed by atoms with Crippen molar-refractivity contribution in [1.82, 2.24) is 9.78 Å². The van der Waals surface area contributed by atoms with E-state index in [9.17, 15) is 0 Å². The number of benzene rings is 1. The summed E-state index contributed by atoms with van der Waals surface area (Å²) in [5, 5.41) is 12.7. The molecule has 4 heteroatoms. The largest absolute Gasteiger partial charge is 0.496 e. The highest BCUT2D eigenvalue weighted by Crippen LogP contribution is 2.30. The minimum Gasteiger partial charge on any atom is -0.496 e. The maximum absolute atomic E-state index is 8.62. The molecule has 0 spiro atoms. The summed E-state index contributed by atoms with van der Waals surface area (Å²) in [5.41, 5.74) is 2.52. The molecular weight excluding hydrogens is 226 g/mol. The second-order valence-electron chi connectivity index (χ2n) is 3.64. The van der Waals surface area contributed by atoms with Crippen LogP contribution >= 0.6 is 0 Å². The maximum atomic E-state index is 8.62. The Balaban J connectivity index is 2.48. The Morgan fingerprint density at radius 3 is 3.00 bits per heavy atom. The molecule has 4 nitrogen and oxygen atoms in total. The lowest BCUT2D eigenvalue weighted by molar-refractivity contribution is 0.416. The van der Waals surface area contributed by atoms with E-state index in [-0.39, 0.29) is 6.54 Å². The minimum absolute atomic E-state index is 0.219. The van der Waals surface area contributed by atoms with Crippen LogP contribution in [0.5, 0.6) is 5.75 Å². The van der Waals surface area contributed by atoms with Crippen LogP contribution in [0.25, 0.3) is 11.1 Å². The maximum Gasteiger partial charge on any atom is 0.128 e. The van der Waals surface area contributed by atoms with Gasteiger partial charge in [0.05, 0.1) is 19.4 Å². The average molecular weight is 237 g/mol. The van der Waals surface area contributed by atoms with Crippen LogP contribution < -0.4 is 4.74 Å². The van der Waals surface area contributed by atoms with Crippen molar-refractivity contribution in [2.24, 2.45) is 0 Å². The van der Waals surface area contributed by atoms with Gasteiger partial charge >= 0.3 is 0 Å². The lowest BCUT2D eigenvalue weighted by Crippen LogP contribution is -1.94. The first-order valence-electron chi connectivity index (χ1n) is 5.33. The fourth-order valence-electron chi connectivity index (χ4n) is 1.68. The summed E-state index contributed by atoms with van der Waals surface area (Å²) >= 11 is 0. The van der Waals surface area contributed by atoms with E-state index in [0.29, 0.717) is 0 Å². The van der Waals surface area contributed by atoms with Crippen molar-refractivity contribution in [1.29, 1.82) is 5.26 Å². The second kappa shape index (κ2) is 5.07. The van der Waals surface area contributed by atoms with Gasteiger partial charge in [-0.05, 0) is 18.2 Å². The Bertz CT molecular complexity index is 644. The van der Waals surface area contributed by atoms with Crippen molar-refractivity contribution in [2.75, 3.05) is 7.11 Å². The van der Waals surface area contributed by atoms with Gasteiger partial charge < -0.3 is 4.74 Å². The summed E-state index contributed by atoms with van der Waals surface area (Å²) in [6, 6.07) is 7.55. The van der Waals surface area contributed by atoms with Crippen LogP contribution in [0.4, 0.5) is 0 Å². The van der Waals surface area contributed by atoms with Crippen LogP contribution in [0.15, 0.2) is 30.6 Å². The van der Waals surface area contributed by atoms with E-state index in [2.05, 4.69) is 11.0 Å². The standard InChI is InChI=1S/C14H11N3O/c1-3-11-4-5-14(18-2)13(8-11)12-9-16-17(10-12)7-6-15/h1,4-5,8-10H,7H2,2H3. The summed E-state index contributed by atoms with van der Waals surface area (Å²) in [7, 11) is 1.61. The number of nitriles is 1. The summed E-state index contributed by atoms with van der Waals surface area (Å²) in [6.07, 6.45) is 8.87. The fourth-order valence-corrected chi connectivity index (χ4v) is 1.68. The van der Waals surface area contributed by atoms with Gasteiger partial charge in [-0.3, -0.25) is 4.68 Å². The lowest BCUT2D eigenvalue weighted by atomic mass is 10.1. The van der Waals surface area contributed by atoms with E-state index in [0.717, 1.165) is 22.4 Å². The summed E-state index contributed by atoms with van der Waals surface area (Å²) < 4.78 is 6.86. The molecule has 2 rings (SSSR count). The molecule has 1 aromatic heterocycles. The molecule has 2 aromatic rings. The highest BCUT2D eigenvalue weighted by molar-refractivity contribution is 5.71. The van der Waals surface area contributed by atoms with E-state index in [1.807, 2.05) is 24.3 Å². The molecule has 0 bridgehead atoms. The molecule has 0 radical (unpaired) electrons. The summed E-state index contributed by atoms with van der Waals surface area (Å²) in [6.45, 7) is 0.219. The molecule has 0 N–H and O–H groups in total. The zero-order valence-corrected chi connectivity index (χ0v) is 9.92. The van der Waals surface area contributed by atoms with Crippen LogP contribution in [0.2, 0.25) is 0 Å².